The second kappa shape index (κ2) is 2.97. The lowest BCUT2D eigenvalue weighted by atomic mass is 10.4. The van der Waals surface area contributed by atoms with E-state index in [0.29, 0.717) is 0 Å². The van der Waals surface area contributed by atoms with Crippen LogP contribution in [0.3, 0.4) is 0 Å². The van der Waals surface area contributed by atoms with Gasteiger partial charge in [-0.3, -0.25) is 0 Å². The van der Waals surface area contributed by atoms with Crippen LogP contribution in [-0.4, -0.2) is 17.1 Å². The predicted octanol–water partition coefficient (Wildman–Crippen LogP) is 0.665. The van der Waals surface area contributed by atoms with Crippen LogP contribution < -0.4 is 4.74 Å². The number of hydrogen-bond donors (Lipinski definition) is 0. The largest absolute Gasteiger partial charge is 0.479 e. The first kappa shape index (κ1) is 7.48. The van der Waals surface area contributed by atoms with Crippen molar-refractivity contribution in [3.05, 3.63) is 17.6 Å². The highest BCUT2D eigenvalue weighted by atomic mass is 16.5. The highest BCUT2D eigenvalue weighted by Gasteiger charge is 2.03. The standard InChI is InChI=1S/C7H7N3O/c1-5-4-9-6(3-8)7(10-5)11-2/h4H,1-2H3. The second-order valence-corrected chi connectivity index (χ2v) is 1.98. The van der Waals surface area contributed by atoms with Gasteiger partial charge in [0.2, 0.25) is 5.69 Å². The summed E-state index contributed by atoms with van der Waals surface area (Å²) >= 11 is 0. The van der Waals surface area contributed by atoms with Crippen LogP contribution in [0.25, 0.3) is 0 Å². The van der Waals surface area contributed by atoms with Gasteiger partial charge in [-0.25, -0.2) is 9.97 Å². The minimum atomic E-state index is 0.220. The molecule has 1 aromatic rings. The molecule has 0 aliphatic rings. The van der Waals surface area contributed by atoms with E-state index in [1.807, 2.05) is 6.07 Å². The van der Waals surface area contributed by atoms with Gasteiger partial charge in [0.25, 0.3) is 5.88 Å². The highest BCUT2D eigenvalue weighted by Crippen LogP contribution is 2.09. The Labute approximate surface area is 64.5 Å². The lowest BCUT2D eigenvalue weighted by Crippen LogP contribution is -1.96. The van der Waals surface area contributed by atoms with E-state index in [9.17, 15) is 0 Å². The Balaban J connectivity index is 3.19. The third kappa shape index (κ3) is 1.44. The summed E-state index contributed by atoms with van der Waals surface area (Å²) in [6.45, 7) is 1.79. The summed E-state index contributed by atoms with van der Waals surface area (Å²) < 4.78 is 4.82. The van der Waals surface area contributed by atoms with Crippen molar-refractivity contribution >= 4 is 0 Å². The van der Waals surface area contributed by atoms with E-state index < -0.39 is 0 Å². The van der Waals surface area contributed by atoms with Crippen molar-refractivity contribution in [3.8, 4) is 11.9 Å². The summed E-state index contributed by atoms with van der Waals surface area (Å²) in [6.07, 6.45) is 1.53. The van der Waals surface area contributed by atoms with Crippen LogP contribution in [0.15, 0.2) is 6.20 Å². The minimum Gasteiger partial charge on any atom is -0.479 e. The molecule has 0 fully saturated rings. The van der Waals surface area contributed by atoms with Gasteiger partial charge in [-0.2, -0.15) is 5.26 Å². The second-order valence-electron chi connectivity index (χ2n) is 1.98. The van der Waals surface area contributed by atoms with E-state index in [4.69, 9.17) is 10.00 Å². The number of aromatic nitrogens is 2. The van der Waals surface area contributed by atoms with E-state index in [2.05, 4.69) is 9.97 Å². The SMILES string of the molecule is COc1nc(C)cnc1C#N. The zero-order valence-electron chi connectivity index (χ0n) is 6.33. The van der Waals surface area contributed by atoms with Crippen molar-refractivity contribution in [3.63, 3.8) is 0 Å². The van der Waals surface area contributed by atoms with Gasteiger partial charge in [-0.1, -0.05) is 0 Å². The van der Waals surface area contributed by atoms with E-state index in [1.54, 1.807) is 6.92 Å². The highest BCUT2D eigenvalue weighted by molar-refractivity contribution is 5.31. The third-order valence-electron chi connectivity index (χ3n) is 1.16. The number of nitriles is 1. The summed E-state index contributed by atoms with van der Waals surface area (Å²) in [5, 5.41) is 8.51. The fourth-order valence-electron chi connectivity index (χ4n) is 0.674. The first-order valence-corrected chi connectivity index (χ1v) is 3.05. The number of hydrogen-bond acceptors (Lipinski definition) is 4. The van der Waals surface area contributed by atoms with Crippen molar-refractivity contribution in [1.29, 1.82) is 5.26 Å². The average Bonchev–Trinajstić information content (AvgIpc) is 2.04. The van der Waals surface area contributed by atoms with Gasteiger partial charge in [0.1, 0.15) is 6.07 Å². The van der Waals surface area contributed by atoms with Gasteiger partial charge in [0.05, 0.1) is 12.8 Å². The number of nitrogens with zero attached hydrogens (tertiary/aromatic N) is 3. The third-order valence-corrected chi connectivity index (χ3v) is 1.16. The molecule has 0 radical (unpaired) electrons. The van der Waals surface area contributed by atoms with Crippen molar-refractivity contribution in [2.45, 2.75) is 6.92 Å². The summed E-state index contributed by atoms with van der Waals surface area (Å²) in [4.78, 5) is 7.77. The molecular formula is C7H7N3O. The maximum absolute atomic E-state index is 8.51. The number of aryl methyl sites for hydroxylation is 1. The van der Waals surface area contributed by atoms with Gasteiger partial charge in [-0.05, 0) is 6.92 Å². The van der Waals surface area contributed by atoms with Crippen LogP contribution in [0, 0.1) is 18.3 Å². The smallest absolute Gasteiger partial charge is 0.251 e. The Morgan fingerprint density at radius 3 is 2.91 bits per heavy atom. The zero-order chi connectivity index (χ0) is 8.27. The van der Waals surface area contributed by atoms with Crippen LogP contribution in [0.1, 0.15) is 11.4 Å². The van der Waals surface area contributed by atoms with Crippen molar-refractivity contribution in [1.82, 2.24) is 9.97 Å². The minimum absolute atomic E-state index is 0.220. The van der Waals surface area contributed by atoms with Gasteiger partial charge in [0.15, 0.2) is 0 Å². The Morgan fingerprint density at radius 1 is 1.64 bits per heavy atom. The summed E-state index contributed by atoms with van der Waals surface area (Å²) in [6, 6.07) is 1.88. The van der Waals surface area contributed by atoms with Crippen molar-refractivity contribution in [2.75, 3.05) is 7.11 Å². The average molecular weight is 149 g/mol. The summed E-state index contributed by atoms with van der Waals surface area (Å²) in [5.74, 6) is 0.285. The fraction of sp³-hybridized carbons (Fsp3) is 0.286. The molecule has 0 aliphatic heterocycles. The maximum Gasteiger partial charge on any atom is 0.251 e. The molecule has 0 amide bonds. The normalized spacial score (nSPS) is 8.82. The van der Waals surface area contributed by atoms with Crippen LogP contribution >= 0.6 is 0 Å². The Morgan fingerprint density at radius 2 is 2.36 bits per heavy atom. The summed E-state index contributed by atoms with van der Waals surface area (Å²) in [5.41, 5.74) is 0.957. The lowest BCUT2D eigenvalue weighted by Gasteiger charge is -1.99. The molecule has 1 heterocycles. The first-order chi connectivity index (χ1) is 5.27. The molecule has 0 spiro atoms. The molecular weight excluding hydrogens is 142 g/mol. The Kier molecular flexibility index (Phi) is 2.02. The zero-order valence-corrected chi connectivity index (χ0v) is 6.33. The molecule has 0 aliphatic carbocycles. The van der Waals surface area contributed by atoms with Crippen LogP contribution in [0.4, 0.5) is 0 Å². The molecule has 0 aromatic carbocycles. The molecule has 0 N–H and O–H groups in total. The maximum atomic E-state index is 8.51. The van der Waals surface area contributed by atoms with Crippen LogP contribution in [0.5, 0.6) is 5.88 Å². The molecule has 0 saturated heterocycles. The Hall–Kier alpha value is -1.63. The van der Waals surface area contributed by atoms with Gasteiger partial charge in [-0.15, -0.1) is 0 Å². The molecule has 0 atom stereocenters. The Bertz CT molecular complexity index is 303. The predicted molar refractivity (Wildman–Crippen MR) is 38.0 cm³/mol. The number of rotatable bonds is 1. The van der Waals surface area contributed by atoms with E-state index in [-0.39, 0.29) is 11.6 Å². The molecule has 1 aromatic heterocycles. The quantitative estimate of drug-likeness (QED) is 0.588. The molecule has 11 heavy (non-hydrogen) atoms. The molecule has 4 nitrogen and oxygen atoms in total. The molecule has 0 saturated carbocycles. The number of methoxy groups -OCH3 is 1. The lowest BCUT2D eigenvalue weighted by molar-refractivity contribution is 0.393. The van der Waals surface area contributed by atoms with Crippen LogP contribution in [0.2, 0.25) is 0 Å². The molecule has 0 bridgehead atoms. The summed E-state index contributed by atoms with van der Waals surface area (Å²) in [7, 11) is 1.46. The monoisotopic (exact) mass is 149 g/mol. The van der Waals surface area contributed by atoms with Crippen LogP contribution in [-0.2, 0) is 0 Å². The fourth-order valence-corrected chi connectivity index (χ4v) is 0.674. The van der Waals surface area contributed by atoms with Gasteiger partial charge < -0.3 is 4.74 Å². The van der Waals surface area contributed by atoms with Gasteiger partial charge >= 0.3 is 0 Å². The van der Waals surface area contributed by atoms with Crippen molar-refractivity contribution in [2.24, 2.45) is 0 Å². The first-order valence-electron chi connectivity index (χ1n) is 3.05. The number of ether oxygens (including phenoxy) is 1. The van der Waals surface area contributed by atoms with E-state index in [1.165, 1.54) is 13.3 Å². The van der Waals surface area contributed by atoms with Crippen molar-refractivity contribution < 1.29 is 4.74 Å². The molecule has 0 unspecified atom stereocenters. The van der Waals surface area contributed by atoms with Gasteiger partial charge in [0, 0.05) is 6.20 Å². The van der Waals surface area contributed by atoms with E-state index >= 15 is 0 Å². The molecule has 4 heteroatoms. The molecule has 56 valence electrons. The topological polar surface area (TPSA) is 58.8 Å². The molecule has 1 rings (SSSR count). The van der Waals surface area contributed by atoms with E-state index in [0.717, 1.165) is 5.69 Å².